The van der Waals surface area contributed by atoms with Gasteiger partial charge in [0.1, 0.15) is 0 Å². The molecule has 0 radical (unpaired) electrons. The molecule has 4 heteroatoms. The minimum atomic E-state index is -1.06. The molecule has 4 nitrogen and oxygen atoms in total. The Kier molecular flexibility index (Phi) is 2.16. The standard InChI is InChI=1S/C13H10N2O2/c16-12-10-7-9(8-3-5-14-6-4-8)1-2-11(10)15-13(12)17/h1-7,12,16H,(H,15,17). The number of aliphatic hydroxyl groups excluding tert-OH is 1. The average Bonchev–Trinajstić information content (AvgIpc) is 2.66. The number of amides is 1. The lowest BCUT2D eigenvalue weighted by atomic mass is 10.0. The Morgan fingerprint density at radius 1 is 1.12 bits per heavy atom. The van der Waals surface area contributed by atoms with Crippen LogP contribution in [0.15, 0.2) is 42.7 Å². The van der Waals surface area contributed by atoms with E-state index in [0.29, 0.717) is 11.3 Å². The SMILES string of the molecule is O=C1Nc2ccc(-c3ccncc3)cc2C1O. The molecule has 1 aliphatic rings. The van der Waals surface area contributed by atoms with Crippen molar-refractivity contribution in [2.75, 3.05) is 5.32 Å². The number of carbonyl (C=O) groups is 1. The van der Waals surface area contributed by atoms with Gasteiger partial charge in [0.05, 0.1) is 0 Å². The number of aliphatic hydroxyl groups is 1. The van der Waals surface area contributed by atoms with E-state index in [2.05, 4.69) is 10.3 Å². The number of fused-ring (bicyclic) bond motifs is 1. The molecule has 2 N–H and O–H groups in total. The van der Waals surface area contributed by atoms with Crippen molar-refractivity contribution in [2.24, 2.45) is 0 Å². The fourth-order valence-electron chi connectivity index (χ4n) is 1.97. The highest BCUT2D eigenvalue weighted by atomic mass is 16.3. The van der Waals surface area contributed by atoms with Gasteiger partial charge in [0.15, 0.2) is 6.10 Å². The van der Waals surface area contributed by atoms with Crippen molar-refractivity contribution in [3.05, 3.63) is 48.3 Å². The van der Waals surface area contributed by atoms with Crippen molar-refractivity contribution < 1.29 is 9.90 Å². The molecule has 1 aliphatic heterocycles. The zero-order valence-corrected chi connectivity index (χ0v) is 8.92. The van der Waals surface area contributed by atoms with E-state index in [1.54, 1.807) is 18.5 Å². The minimum Gasteiger partial charge on any atom is -0.378 e. The summed E-state index contributed by atoms with van der Waals surface area (Å²) < 4.78 is 0. The highest BCUT2D eigenvalue weighted by Crippen LogP contribution is 2.34. The normalized spacial score (nSPS) is 17.7. The predicted octanol–water partition coefficient (Wildman–Crippen LogP) is 1.73. The van der Waals surface area contributed by atoms with Gasteiger partial charge in [-0.3, -0.25) is 9.78 Å². The first-order valence-electron chi connectivity index (χ1n) is 5.29. The van der Waals surface area contributed by atoms with E-state index < -0.39 is 6.10 Å². The molecule has 1 unspecified atom stereocenters. The fraction of sp³-hybridized carbons (Fsp3) is 0.0769. The third-order valence-corrected chi connectivity index (χ3v) is 2.87. The minimum absolute atomic E-state index is 0.369. The van der Waals surface area contributed by atoms with Gasteiger partial charge in [-0.15, -0.1) is 0 Å². The summed E-state index contributed by atoms with van der Waals surface area (Å²) in [4.78, 5) is 15.3. The maximum Gasteiger partial charge on any atom is 0.257 e. The highest BCUT2D eigenvalue weighted by molar-refractivity contribution is 6.02. The summed E-state index contributed by atoms with van der Waals surface area (Å²) in [7, 11) is 0. The molecule has 1 aromatic heterocycles. The van der Waals surface area contributed by atoms with Gasteiger partial charge in [-0.25, -0.2) is 0 Å². The first-order valence-corrected chi connectivity index (χ1v) is 5.29. The number of benzene rings is 1. The van der Waals surface area contributed by atoms with Crippen molar-refractivity contribution in [3.63, 3.8) is 0 Å². The molecule has 0 fully saturated rings. The Hall–Kier alpha value is -2.20. The molecule has 0 saturated heterocycles. The van der Waals surface area contributed by atoms with Crippen LogP contribution in [0.4, 0.5) is 5.69 Å². The number of rotatable bonds is 1. The van der Waals surface area contributed by atoms with E-state index in [-0.39, 0.29) is 5.91 Å². The van der Waals surface area contributed by atoms with Gasteiger partial charge in [0.2, 0.25) is 0 Å². The van der Waals surface area contributed by atoms with E-state index in [4.69, 9.17) is 0 Å². The lowest BCUT2D eigenvalue weighted by Crippen LogP contribution is -2.10. The summed E-state index contributed by atoms with van der Waals surface area (Å²) in [6, 6.07) is 9.32. The number of carbonyl (C=O) groups excluding carboxylic acids is 1. The number of nitrogens with one attached hydrogen (secondary N) is 1. The summed E-state index contributed by atoms with van der Waals surface area (Å²) in [6.07, 6.45) is 2.36. The Morgan fingerprint density at radius 2 is 1.88 bits per heavy atom. The van der Waals surface area contributed by atoms with Crippen molar-refractivity contribution in [3.8, 4) is 11.1 Å². The van der Waals surface area contributed by atoms with Crippen LogP contribution in [0.3, 0.4) is 0 Å². The molecule has 3 rings (SSSR count). The maximum atomic E-state index is 11.3. The van der Waals surface area contributed by atoms with Crippen LogP contribution in [-0.2, 0) is 4.79 Å². The fourth-order valence-corrected chi connectivity index (χ4v) is 1.97. The molecule has 17 heavy (non-hydrogen) atoms. The second kappa shape index (κ2) is 3.68. The Bertz CT molecular complexity index is 581. The number of hydrogen-bond acceptors (Lipinski definition) is 3. The monoisotopic (exact) mass is 226 g/mol. The van der Waals surface area contributed by atoms with Crippen LogP contribution in [0, 0.1) is 0 Å². The zero-order valence-electron chi connectivity index (χ0n) is 8.92. The highest BCUT2D eigenvalue weighted by Gasteiger charge is 2.28. The number of nitrogens with zero attached hydrogens (tertiary/aromatic N) is 1. The van der Waals surface area contributed by atoms with Crippen LogP contribution < -0.4 is 5.32 Å². The van der Waals surface area contributed by atoms with Gasteiger partial charge in [-0.05, 0) is 35.4 Å². The molecule has 1 atom stereocenters. The average molecular weight is 226 g/mol. The lowest BCUT2D eigenvalue weighted by Gasteiger charge is -2.05. The number of hydrogen-bond donors (Lipinski definition) is 2. The van der Waals surface area contributed by atoms with E-state index in [0.717, 1.165) is 11.1 Å². The van der Waals surface area contributed by atoms with Gasteiger partial charge in [-0.2, -0.15) is 0 Å². The lowest BCUT2D eigenvalue weighted by molar-refractivity contribution is -0.123. The van der Waals surface area contributed by atoms with Crippen LogP contribution in [0.1, 0.15) is 11.7 Å². The van der Waals surface area contributed by atoms with E-state index in [9.17, 15) is 9.90 Å². The molecule has 0 bridgehead atoms. The zero-order chi connectivity index (χ0) is 11.8. The smallest absolute Gasteiger partial charge is 0.257 e. The number of aromatic nitrogens is 1. The van der Waals surface area contributed by atoms with Crippen LogP contribution in [0.5, 0.6) is 0 Å². The first kappa shape index (κ1) is 9.99. The third-order valence-electron chi connectivity index (χ3n) is 2.87. The topological polar surface area (TPSA) is 62.2 Å². The van der Waals surface area contributed by atoms with Crippen molar-refractivity contribution >= 4 is 11.6 Å². The molecule has 84 valence electrons. The van der Waals surface area contributed by atoms with Crippen molar-refractivity contribution in [2.45, 2.75) is 6.10 Å². The van der Waals surface area contributed by atoms with Gasteiger partial charge in [0.25, 0.3) is 5.91 Å². The number of anilines is 1. The van der Waals surface area contributed by atoms with Gasteiger partial charge in [-0.1, -0.05) is 6.07 Å². The molecule has 0 aliphatic carbocycles. The second-order valence-corrected chi connectivity index (χ2v) is 3.93. The summed E-state index contributed by atoms with van der Waals surface area (Å²) in [6.45, 7) is 0. The van der Waals surface area contributed by atoms with Crippen LogP contribution >= 0.6 is 0 Å². The second-order valence-electron chi connectivity index (χ2n) is 3.93. The van der Waals surface area contributed by atoms with E-state index >= 15 is 0 Å². The summed E-state index contributed by atoms with van der Waals surface area (Å²) in [5.74, 6) is -0.369. The Balaban J connectivity index is 2.09. The van der Waals surface area contributed by atoms with Gasteiger partial charge >= 0.3 is 0 Å². The Morgan fingerprint density at radius 3 is 2.65 bits per heavy atom. The van der Waals surface area contributed by atoms with E-state index in [1.165, 1.54) is 0 Å². The molecule has 0 saturated carbocycles. The van der Waals surface area contributed by atoms with Crippen molar-refractivity contribution in [1.29, 1.82) is 0 Å². The predicted molar refractivity (Wildman–Crippen MR) is 63.3 cm³/mol. The van der Waals surface area contributed by atoms with Gasteiger partial charge < -0.3 is 10.4 Å². The molecule has 2 heterocycles. The van der Waals surface area contributed by atoms with Crippen LogP contribution in [-0.4, -0.2) is 16.0 Å². The van der Waals surface area contributed by atoms with Crippen LogP contribution in [0.25, 0.3) is 11.1 Å². The Labute approximate surface area is 97.9 Å². The molecule has 2 aromatic rings. The summed E-state index contributed by atoms with van der Waals surface area (Å²) in [5, 5.41) is 12.3. The van der Waals surface area contributed by atoms with Gasteiger partial charge in [0, 0.05) is 23.6 Å². The van der Waals surface area contributed by atoms with Crippen molar-refractivity contribution in [1.82, 2.24) is 4.98 Å². The molecular formula is C13H10N2O2. The molecule has 1 amide bonds. The largest absolute Gasteiger partial charge is 0.378 e. The summed E-state index contributed by atoms with van der Waals surface area (Å²) in [5.41, 5.74) is 3.28. The third kappa shape index (κ3) is 1.59. The summed E-state index contributed by atoms with van der Waals surface area (Å²) >= 11 is 0. The van der Waals surface area contributed by atoms with Crippen LogP contribution in [0.2, 0.25) is 0 Å². The van der Waals surface area contributed by atoms with E-state index in [1.807, 2.05) is 24.3 Å². The number of pyridine rings is 1. The quantitative estimate of drug-likeness (QED) is 0.778. The molecule has 0 spiro atoms. The maximum absolute atomic E-state index is 11.3. The molecule has 1 aromatic carbocycles. The molecular weight excluding hydrogens is 216 g/mol. The first-order chi connectivity index (χ1) is 8.25.